The van der Waals surface area contributed by atoms with Crippen molar-refractivity contribution in [2.75, 3.05) is 23.9 Å². The molecule has 2 aliphatic rings. The van der Waals surface area contributed by atoms with Gasteiger partial charge in [0.2, 0.25) is 0 Å². The van der Waals surface area contributed by atoms with Crippen LogP contribution < -0.4 is 4.31 Å². The van der Waals surface area contributed by atoms with Gasteiger partial charge in [-0.1, -0.05) is 25.0 Å². The smallest absolute Gasteiger partial charge is 0.294 e. The zero-order valence-corrected chi connectivity index (χ0v) is 12.8. The number of carbonyl (C=O) groups is 1. The fraction of sp³-hybridized carbons (Fsp3) is 0.533. The molecule has 1 fully saturated rings. The predicted octanol–water partition coefficient (Wildman–Crippen LogP) is 2.20. The normalized spacial score (nSPS) is 21.0. The fourth-order valence-electron chi connectivity index (χ4n) is 3.04. The van der Waals surface area contributed by atoms with Gasteiger partial charge in [0.1, 0.15) is 0 Å². The van der Waals surface area contributed by atoms with Crippen LogP contribution in [0.4, 0.5) is 5.69 Å². The molecule has 114 valence electrons. The first-order valence-corrected chi connectivity index (χ1v) is 8.90. The topological polar surface area (TPSA) is 57.7 Å². The zero-order chi connectivity index (χ0) is 14.9. The third kappa shape index (κ3) is 2.70. The molecule has 0 aliphatic carbocycles. The summed E-state index contributed by atoms with van der Waals surface area (Å²) in [5, 5.41) is 0. The molecule has 0 saturated carbocycles. The molecule has 21 heavy (non-hydrogen) atoms. The maximum Gasteiger partial charge on any atom is 0.304 e. The third-order valence-corrected chi connectivity index (χ3v) is 6.14. The summed E-state index contributed by atoms with van der Waals surface area (Å²) in [6.45, 7) is 1.40. The Kier molecular flexibility index (Phi) is 3.99. The average molecular weight is 308 g/mol. The first kappa shape index (κ1) is 14.5. The van der Waals surface area contributed by atoms with Gasteiger partial charge in [0.05, 0.1) is 5.69 Å². The summed E-state index contributed by atoms with van der Waals surface area (Å²) in [5.74, 6) is 0.0212. The van der Waals surface area contributed by atoms with Gasteiger partial charge in [-0.25, -0.2) is 0 Å². The number of benzene rings is 1. The van der Waals surface area contributed by atoms with Gasteiger partial charge in [0.15, 0.2) is 5.78 Å². The fourth-order valence-corrected chi connectivity index (χ4v) is 4.76. The molecule has 0 spiro atoms. The Morgan fingerprint density at radius 2 is 1.57 bits per heavy atom. The van der Waals surface area contributed by atoms with Crippen LogP contribution >= 0.6 is 0 Å². The Labute approximate surface area is 125 Å². The lowest BCUT2D eigenvalue weighted by atomic mass is 10.0. The largest absolute Gasteiger partial charge is 0.304 e. The molecular weight excluding hydrogens is 288 g/mol. The summed E-state index contributed by atoms with van der Waals surface area (Å²) in [4.78, 5) is 12.0. The van der Waals surface area contributed by atoms with Gasteiger partial charge >= 0.3 is 10.2 Å². The second-order valence-corrected chi connectivity index (χ2v) is 7.44. The van der Waals surface area contributed by atoms with Crippen molar-refractivity contribution < 1.29 is 13.2 Å². The van der Waals surface area contributed by atoms with Crippen LogP contribution in [-0.2, 0) is 10.2 Å². The zero-order valence-electron chi connectivity index (χ0n) is 12.0. The minimum absolute atomic E-state index is 0.0212. The Morgan fingerprint density at radius 1 is 0.905 bits per heavy atom. The first-order chi connectivity index (χ1) is 10.1. The standard InChI is InChI=1S/C15H20N2O3S/c18-15-9-12-17(14-8-4-3-7-13(14)15)21(19,20)16-10-5-1-2-6-11-16/h3-4,7-8H,1-2,5-6,9-12H2. The molecule has 0 atom stereocenters. The lowest BCUT2D eigenvalue weighted by molar-refractivity contribution is 0.0982. The van der Waals surface area contributed by atoms with Crippen molar-refractivity contribution in [1.82, 2.24) is 4.31 Å². The molecule has 5 nitrogen and oxygen atoms in total. The number of anilines is 1. The van der Waals surface area contributed by atoms with Gasteiger partial charge < -0.3 is 0 Å². The number of rotatable bonds is 2. The van der Waals surface area contributed by atoms with E-state index >= 15 is 0 Å². The SMILES string of the molecule is O=C1CCN(S(=O)(=O)N2CCCCCC2)c2ccccc21. The molecule has 0 N–H and O–H groups in total. The van der Waals surface area contributed by atoms with Crippen LogP contribution in [0.2, 0.25) is 0 Å². The van der Waals surface area contributed by atoms with Gasteiger partial charge in [0.25, 0.3) is 0 Å². The van der Waals surface area contributed by atoms with Crippen LogP contribution in [0.25, 0.3) is 0 Å². The van der Waals surface area contributed by atoms with E-state index in [1.807, 2.05) is 0 Å². The summed E-state index contributed by atoms with van der Waals surface area (Å²) in [7, 11) is -3.53. The van der Waals surface area contributed by atoms with E-state index in [9.17, 15) is 13.2 Å². The van der Waals surface area contributed by atoms with E-state index in [-0.39, 0.29) is 18.7 Å². The van der Waals surface area contributed by atoms with Gasteiger partial charge in [-0.2, -0.15) is 12.7 Å². The molecule has 0 amide bonds. The van der Waals surface area contributed by atoms with Crippen LogP contribution in [-0.4, -0.2) is 38.1 Å². The van der Waals surface area contributed by atoms with Crippen molar-refractivity contribution in [1.29, 1.82) is 0 Å². The van der Waals surface area contributed by atoms with Crippen LogP contribution in [0.5, 0.6) is 0 Å². The van der Waals surface area contributed by atoms with E-state index in [1.165, 1.54) is 4.31 Å². The Bertz CT molecular complexity index is 634. The molecule has 1 saturated heterocycles. The quantitative estimate of drug-likeness (QED) is 0.841. The van der Waals surface area contributed by atoms with E-state index in [0.29, 0.717) is 24.3 Å². The van der Waals surface area contributed by atoms with Crippen molar-refractivity contribution >= 4 is 21.7 Å². The molecule has 1 aromatic rings. The first-order valence-electron chi connectivity index (χ1n) is 7.51. The van der Waals surface area contributed by atoms with Crippen LogP contribution in [0.3, 0.4) is 0 Å². The minimum atomic E-state index is -3.53. The predicted molar refractivity (Wildman–Crippen MR) is 81.7 cm³/mol. The number of ketones is 1. The number of Topliss-reactive ketones (excluding diaryl/α,β-unsaturated/α-hetero) is 1. The lowest BCUT2D eigenvalue weighted by Gasteiger charge is -2.34. The highest BCUT2D eigenvalue weighted by molar-refractivity contribution is 7.90. The Hall–Kier alpha value is -1.40. The summed E-state index contributed by atoms with van der Waals surface area (Å²) >= 11 is 0. The van der Waals surface area contributed by atoms with Crippen molar-refractivity contribution in [3.8, 4) is 0 Å². The lowest BCUT2D eigenvalue weighted by Crippen LogP contribution is -2.47. The Morgan fingerprint density at radius 3 is 2.29 bits per heavy atom. The number of carbonyl (C=O) groups excluding carboxylic acids is 1. The minimum Gasteiger partial charge on any atom is -0.294 e. The molecule has 2 heterocycles. The summed E-state index contributed by atoms with van der Waals surface area (Å²) in [5.41, 5.74) is 1.04. The highest BCUT2D eigenvalue weighted by Crippen LogP contribution is 2.30. The molecule has 0 bridgehead atoms. The number of fused-ring (bicyclic) bond motifs is 1. The van der Waals surface area contributed by atoms with E-state index in [0.717, 1.165) is 25.7 Å². The molecule has 1 aromatic carbocycles. The summed E-state index contributed by atoms with van der Waals surface area (Å²) in [6, 6.07) is 6.99. The van der Waals surface area contributed by atoms with Gasteiger partial charge in [-0.05, 0) is 25.0 Å². The maximum atomic E-state index is 12.9. The molecule has 0 aromatic heterocycles. The molecule has 6 heteroatoms. The number of para-hydroxylation sites is 1. The van der Waals surface area contributed by atoms with Gasteiger partial charge in [-0.15, -0.1) is 0 Å². The summed E-state index contributed by atoms with van der Waals surface area (Å²) < 4.78 is 28.8. The van der Waals surface area contributed by atoms with Crippen LogP contribution in [0.1, 0.15) is 42.5 Å². The third-order valence-electron chi connectivity index (χ3n) is 4.18. The van der Waals surface area contributed by atoms with Crippen molar-refractivity contribution in [3.63, 3.8) is 0 Å². The molecule has 3 rings (SSSR count). The second-order valence-electron chi connectivity index (χ2n) is 5.58. The van der Waals surface area contributed by atoms with Crippen LogP contribution in [0.15, 0.2) is 24.3 Å². The molecular formula is C15H20N2O3S. The molecule has 0 radical (unpaired) electrons. The highest BCUT2D eigenvalue weighted by atomic mass is 32.2. The molecule has 2 aliphatic heterocycles. The summed E-state index contributed by atoms with van der Waals surface area (Å²) in [6.07, 6.45) is 4.24. The highest BCUT2D eigenvalue weighted by Gasteiger charge is 2.35. The van der Waals surface area contributed by atoms with Crippen molar-refractivity contribution in [2.45, 2.75) is 32.1 Å². The monoisotopic (exact) mass is 308 g/mol. The van der Waals surface area contributed by atoms with Crippen molar-refractivity contribution in [3.05, 3.63) is 29.8 Å². The van der Waals surface area contributed by atoms with Gasteiger partial charge in [-0.3, -0.25) is 9.10 Å². The van der Waals surface area contributed by atoms with E-state index < -0.39 is 10.2 Å². The number of nitrogens with zero attached hydrogens (tertiary/aromatic N) is 2. The van der Waals surface area contributed by atoms with Crippen molar-refractivity contribution in [2.24, 2.45) is 0 Å². The van der Waals surface area contributed by atoms with E-state index in [2.05, 4.69) is 0 Å². The Balaban J connectivity index is 1.96. The maximum absolute atomic E-state index is 12.9. The number of hydrogen-bond acceptors (Lipinski definition) is 3. The number of hydrogen-bond donors (Lipinski definition) is 0. The van der Waals surface area contributed by atoms with E-state index in [1.54, 1.807) is 28.6 Å². The van der Waals surface area contributed by atoms with E-state index in [4.69, 9.17) is 0 Å². The van der Waals surface area contributed by atoms with Gasteiger partial charge in [0, 0.05) is 31.6 Å². The second kappa shape index (κ2) is 5.77. The average Bonchev–Trinajstić information content (AvgIpc) is 2.77. The molecule has 0 unspecified atom stereocenters. The van der Waals surface area contributed by atoms with Crippen LogP contribution in [0, 0.1) is 0 Å².